The average molecular weight is 245 g/mol. The van der Waals surface area contributed by atoms with Gasteiger partial charge < -0.3 is 9.55 Å². The summed E-state index contributed by atoms with van der Waals surface area (Å²) in [6.07, 6.45) is 10.8. The third-order valence-corrected chi connectivity index (χ3v) is 3.84. The monoisotopic (exact) mass is 245 g/mol. The van der Waals surface area contributed by atoms with Gasteiger partial charge in [-0.3, -0.25) is 4.90 Å². The Labute approximate surface area is 107 Å². The fourth-order valence-corrected chi connectivity index (χ4v) is 2.71. The molecule has 0 aliphatic carbocycles. The minimum Gasteiger partial charge on any atom is -0.348 e. The molecule has 1 aliphatic rings. The van der Waals surface area contributed by atoms with Gasteiger partial charge in [-0.15, -0.1) is 0 Å². The van der Waals surface area contributed by atoms with E-state index in [9.17, 15) is 0 Å². The van der Waals surface area contributed by atoms with E-state index >= 15 is 0 Å². The molecule has 1 saturated heterocycles. The normalized spacial score (nSPS) is 25.4. The molecule has 3 rings (SSSR count). The zero-order valence-electron chi connectivity index (χ0n) is 10.7. The topological polar surface area (TPSA) is 49.7 Å². The molecule has 0 spiro atoms. The van der Waals surface area contributed by atoms with Crippen molar-refractivity contribution in [1.82, 2.24) is 24.4 Å². The Morgan fingerprint density at radius 2 is 2.39 bits per heavy atom. The predicted molar refractivity (Wildman–Crippen MR) is 68.9 cm³/mol. The van der Waals surface area contributed by atoms with Crippen molar-refractivity contribution in [2.75, 3.05) is 13.1 Å². The van der Waals surface area contributed by atoms with Gasteiger partial charge in [0.25, 0.3) is 0 Å². The summed E-state index contributed by atoms with van der Waals surface area (Å²) in [6.45, 7) is 5.45. The molecular formula is C13H19N5. The van der Waals surface area contributed by atoms with E-state index in [2.05, 4.69) is 37.5 Å². The first kappa shape index (κ1) is 11.5. The zero-order chi connectivity index (χ0) is 12.4. The zero-order valence-corrected chi connectivity index (χ0v) is 10.7. The van der Waals surface area contributed by atoms with Gasteiger partial charge in [-0.25, -0.2) is 9.97 Å². The largest absolute Gasteiger partial charge is 0.348 e. The van der Waals surface area contributed by atoms with E-state index in [1.54, 1.807) is 0 Å². The molecule has 1 fully saturated rings. The van der Waals surface area contributed by atoms with Gasteiger partial charge in [-0.05, 0) is 18.9 Å². The standard InChI is InChI=1S/C13H19N5/c1-11-2-6-17(9-13-15-3-4-16-13)8-12(11)18-7-5-14-10-18/h3-5,7,10-12H,2,6,8-9H2,1H3,(H,15,16)/t11-,12-/m1/s1. The van der Waals surface area contributed by atoms with Gasteiger partial charge in [0.2, 0.25) is 0 Å². The maximum atomic E-state index is 4.30. The maximum Gasteiger partial charge on any atom is 0.120 e. The van der Waals surface area contributed by atoms with E-state index in [-0.39, 0.29) is 0 Å². The number of aromatic nitrogens is 4. The number of nitrogens with zero attached hydrogens (tertiary/aromatic N) is 4. The van der Waals surface area contributed by atoms with Crippen LogP contribution in [0.15, 0.2) is 31.1 Å². The minimum absolute atomic E-state index is 0.524. The molecule has 0 radical (unpaired) electrons. The molecule has 96 valence electrons. The second-order valence-corrected chi connectivity index (χ2v) is 5.11. The Kier molecular flexibility index (Phi) is 3.15. The number of hydrogen-bond donors (Lipinski definition) is 1. The fraction of sp³-hybridized carbons (Fsp3) is 0.538. The average Bonchev–Trinajstić information content (AvgIpc) is 3.04. The van der Waals surface area contributed by atoms with Crippen molar-refractivity contribution in [3.63, 3.8) is 0 Å². The number of hydrogen-bond acceptors (Lipinski definition) is 3. The molecule has 0 bridgehead atoms. The van der Waals surface area contributed by atoms with Gasteiger partial charge in [0.05, 0.1) is 12.9 Å². The van der Waals surface area contributed by atoms with Crippen molar-refractivity contribution < 1.29 is 0 Å². The highest BCUT2D eigenvalue weighted by molar-refractivity contribution is 4.92. The number of likely N-dealkylation sites (tertiary alicyclic amines) is 1. The van der Waals surface area contributed by atoms with Crippen LogP contribution in [0.2, 0.25) is 0 Å². The van der Waals surface area contributed by atoms with Crippen LogP contribution in [0, 0.1) is 5.92 Å². The van der Waals surface area contributed by atoms with E-state index in [0.29, 0.717) is 12.0 Å². The first-order valence-electron chi connectivity index (χ1n) is 6.51. The Balaban J connectivity index is 1.68. The molecule has 0 saturated carbocycles. The van der Waals surface area contributed by atoms with Gasteiger partial charge in [-0.2, -0.15) is 0 Å². The Morgan fingerprint density at radius 3 is 3.11 bits per heavy atom. The quantitative estimate of drug-likeness (QED) is 0.895. The highest BCUT2D eigenvalue weighted by atomic mass is 15.2. The molecule has 1 aliphatic heterocycles. The summed E-state index contributed by atoms with van der Waals surface area (Å²) < 4.78 is 2.24. The van der Waals surface area contributed by atoms with Crippen LogP contribution < -0.4 is 0 Å². The first-order valence-corrected chi connectivity index (χ1v) is 6.51. The molecular weight excluding hydrogens is 226 g/mol. The van der Waals surface area contributed by atoms with Crippen LogP contribution in [0.5, 0.6) is 0 Å². The fourth-order valence-electron chi connectivity index (χ4n) is 2.71. The van der Waals surface area contributed by atoms with Crippen LogP contribution in [-0.4, -0.2) is 37.5 Å². The van der Waals surface area contributed by atoms with Crippen LogP contribution in [0.3, 0.4) is 0 Å². The highest BCUT2D eigenvalue weighted by Crippen LogP contribution is 2.27. The molecule has 5 nitrogen and oxygen atoms in total. The maximum absolute atomic E-state index is 4.30. The molecule has 0 aromatic carbocycles. The SMILES string of the molecule is C[C@@H]1CCN(Cc2ncc[nH]2)C[C@H]1n1ccnc1. The molecule has 18 heavy (non-hydrogen) atoms. The number of rotatable bonds is 3. The summed E-state index contributed by atoms with van der Waals surface area (Å²) in [5.74, 6) is 1.75. The second kappa shape index (κ2) is 4.94. The Hall–Kier alpha value is -1.62. The van der Waals surface area contributed by atoms with Gasteiger partial charge >= 0.3 is 0 Å². The van der Waals surface area contributed by atoms with Crippen LogP contribution in [0.1, 0.15) is 25.2 Å². The van der Waals surface area contributed by atoms with Crippen LogP contribution >= 0.6 is 0 Å². The van der Waals surface area contributed by atoms with E-state index in [0.717, 1.165) is 25.5 Å². The minimum atomic E-state index is 0.524. The molecule has 0 unspecified atom stereocenters. The molecule has 2 atom stereocenters. The van der Waals surface area contributed by atoms with Crippen molar-refractivity contribution in [3.05, 3.63) is 36.9 Å². The summed E-state index contributed by atoms with van der Waals surface area (Å²) in [5, 5.41) is 0. The molecule has 1 N–H and O–H groups in total. The van der Waals surface area contributed by atoms with Crippen molar-refractivity contribution in [2.24, 2.45) is 5.92 Å². The van der Waals surface area contributed by atoms with Crippen LogP contribution in [-0.2, 0) is 6.54 Å². The van der Waals surface area contributed by atoms with Gasteiger partial charge in [0.1, 0.15) is 5.82 Å². The number of nitrogens with one attached hydrogen (secondary N) is 1. The van der Waals surface area contributed by atoms with Crippen LogP contribution in [0.25, 0.3) is 0 Å². The summed E-state index contributed by atoms with van der Waals surface area (Å²) in [4.78, 5) is 14.1. The summed E-state index contributed by atoms with van der Waals surface area (Å²) >= 11 is 0. The van der Waals surface area contributed by atoms with Crippen molar-refractivity contribution in [3.8, 4) is 0 Å². The van der Waals surface area contributed by atoms with E-state index in [4.69, 9.17) is 0 Å². The van der Waals surface area contributed by atoms with Crippen molar-refractivity contribution in [1.29, 1.82) is 0 Å². The summed E-state index contributed by atoms with van der Waals surface area (Å²) in [7, 11) is 0. The van der Waals surface area contributed by atoms with Crippen molar-refractivity contribution in [2.45, 2.75) is 25.9 Å². The van der Waals surface area contributed by atoms with E-state index in [1.165, 1.54) is 6.42 Å². The first-order chi connectivity index (χ1) is 8.83. The summed E-state index contributed by atoms with van der Waals surface area (Å²) in [6, 6.07) is 0.524. The summed E-state index contributed by atoms with van der Waals surface area (Å²) in [5.41, 5.74) is 0. The van der Waals surface area contributed by atoms with Crippen molar-refractivity contribution >= 4 is 0 Å². The molecule has 2 aromatic heterocycles. The lowest BCUT2D eigenvalue weighted by molar-refractivity contribution is 0.124. The number of piperidine rings is 1. The molecule has 2 aromatic rings. The second-order valence-electron chi connectivity index (χ2n) is 5.11. The van der Waals surface area contributed by atoms with E-state index in [1.807, 2.05) is 24.9 Å². The number of H-pyrrole nitrogens is 1. The lowest BCUT2D eigenvalue weighted by Crippen LogP contribution is -2.40. The number of imidazole rings is 2. The van der Waals surface area contributed by atoms with Gasteiger partial charge in [0.15, 0.2) is 0 Å². The third kappa shape index (κ3) is 2.31. The Bertz CT molecular complexity index is 462. The van der Waals surface area contributed by atoms with Crippen LogP contribution in [0.4, 0.5) is 0 Å². The molecule has 5 heteroatoms. The predicted octanol–water partition coefficient (Wildman–Crippen LogP) is 1.69. The highest BCUT2D eigenvalue weighted by Gasteiger charge is 2.27. The number of aromatic amines is 1. The lowest BCUT2D eigenvalue weighted by atomic mass is 9.93. The smallest absolute Gasteiger partial charge is 0.120 e. The Morgan fingerprint density at radius 1 is 1.44 bits per heavy atom. The van der Waals surface area contributed by atoms with Gasteiger partial charge in [-0.1, -0.05) is 6.92 Å². The molecule has 0 amide bonds. The van der Waals surface area contributed by atoms with Gasteiger partial charge in [0, 0.05) is 37.4 Å². The lowest BCUT2D eigenvalue weighted by Gasteiger charge is -2.37. The van der Waals surface area contributed by atoms with E-state index < -0.39 is 0 Å². The third-order valence-electron chi connectivity index (χ3n) is 3.84. The molecule has 3 heterocycles.